The van der Waals surface area contributed by atoms with E-state index in [9.17, 15) is 14.4 Å². The molecule has 2 aromatic heterocycles. The van der Waals surface area contributed by atoms with Crippen molar-refractivity contribution >= 4 is 51.3 Å². The molecule has 0 radical (unpaired) electrons. The fourth-order valence-electron chi connectivity index (χ4n) is 3.40. The van der Waals surface area contributed by atoms with Gasteiger partial charge in [0, 0.05) is 50.2 Å². The number of pyridine rings is 1. The number of aromatic nitrogens is 3. The summed E-state index contributed by atoms with van der Waals surface area (Å²) >= 11 is 5.94. The normalized spacial score (nSPS) is 10.7. The molecule has 0 atom stereocenters. The van der Waals surface area contributed by atoms with Crippen LogP contribution in [0.15, 0.2) is 48.8 Å². The zero-order chi connectivity index (χ0) is 23.7. The number of halogens is 2. The molecule has 0 bridgehead atoms. The van der Waals surface area contributed by atoms with Crippen LogP contribution in [0, 0.1) is 17.1 Å². The lowest BCUT2D eigenvalue weighted by atomic mass is 10.0. The molecule has 166 valence electrons. The number of carbonyl (C=O) groups excluding carboxylic acids is 1. The quantitative estimate of drug-likeness (QED) is 0.439. The van der Waals surface area contributed by atoms with E-state index >= 15 is 0 Å². The molecule has 2 N–H and O–H groups in total. The predicted molar refractivity (Wildman–Crippen MR) is 126 cm³/mol. The van der Waals surface area contributed by atoms with Crippen molar-refractivity contribution in [2.75, 3.05) is 31.4 Å². The minimum atomic E-state index is -0.551. The number of amides is 1. The van der Waals surface area contributed by atoms with Gasteiger partial charge in [0.1, 0.15) is 17.7 Å². The third-order valence-electron chi connectivity index (χ3n) is 5.14. The van der Waals surface area contributed by atoms with Gasteiger partial charge in [-0.05, 0) is 30.3 Å². The van der Waals surface area contributed by atoms with Crippen LogP contribution in [0.4, 0.5) is 27.3 Å². The van der Waals surface area contributed by atoms with Crippen molar-refractivity contribution in [2.45, 2.75) is 0 Å². The Kier molecular flexibility index (Phi) is 5.85. The molecule has 0 aliphatic rings. The molecule has 0 saturated carbocycles. The summed E-state index contributed by atoms with van der Waals surface area (Å²) < 4.78 is 13.7. The maximum absolute atomic E-state index is 13.7. The maximum atomic E-state index is 13.7. The Hall–Kier alpha value is -4.16. The number of aromatic amines is 1. The number of benzene rings is 2. The standard InChI is InChI=1S/C23H19ClFN7O/c1-31(2)23(33)17-10-15(32(3)20-6-7-28-30-20)9-16-21(13(11-26)12-27-22(16)17)29-14-4-5-19(25)18(24)8-14/h4-10,12H,1-3H3,(H,27,29)(H,28,30). The molecule has 0 saturated heterocycles. The third-order valence-corrected chi connectivity index (χ3v) is 5.43. The van der Waals surface area contributed by atoms with Gasteiger partial charge < -0.3 is 15.1 Å². The van der Waals surface area contributed by atoms with Gasteiger partial charge in [0.05, 0.1) is 33.6 Å². The van der Waals surface area contributed by atoms with Crippen molar-refractivity contribution in [3.63, 3.8) is 0 Å². The molecule has 33 heavy (non-hydrogen) atoms. The molecule has 8 nitrogen and oxygen atoms in total. The Labute approximate surface area is 194 Å². The first-order valence-corrected chi connectivity index (χ1v) is 10.2. The average Bonchev–Trinajstić information content (AvgIpc) is 3.35. The van der Waals surface area contributed by atoms with Crippen LogP contribution in [0.3, 0.4) is 0 Å². The van der Waals surface area contributed by atoms with Crippen molar-refractivity contribution in [2.24, 2.45) is 0 Å². The summed E-state index contributed by atoms with van der Waals surface area (Å²) in [6.45, 7) is 0. The second kappa shape index (κ2) is 8.76. The molecule has 4 rings (SSSR count). The molecule has 2 aromatic carbocycles. The van der Waals surface area contributed by atoms with E-state index in [1.54, 1.807) is 32.4 Å². The fraction of sp³-hybridized carbons (Fsp3) is 0.130. The van der Waals surface area contributed by atoms with E-state index < -0.39 is 5.82 Å². The third kappa shape index (κ3) is 4.16. The highest BCUT2D eigenvalue weighted by molar-refractivity contribution is 6.31. The van der Waals surface area contributed by atoms with Gasteiger partial charge in [-0.3, -0.25) is 14.9 Å². The van der Waals surface area contributed by atoms with Gasteiger partial charge in [0.2, 0.25) is 0 Å². The molecule has 10 heteroatoms. The highest BCUT2D eigenvalue weighted by atomic mass is 35.5. The van der Waals surface area contributed by atoms with E-state index in [4.69, 9.17) is 11.6 Å². The number of fused-ring (bicyclic) bond motifs is 1. The molecular formula is C23H19ClFN7O. The Morgan fingerprint density at radius 3 is 2.64 bits per heavy atom. The van der Waals surface area contributed by atoms with Crippen molar-refractivity contribution < 1.29 is 9.18 Å². The molecule has 2 heterocycles. The number of carbonyl (C=O) groups is 1. The van der Waals surface area contributed by atoms with Gasteiger partial charge in [-0.1, -0.05) is 11.6 Å². The highest BCUT2D eigenvalue weighted by Crippen LogP contribution is 2.36. The summed E-state index contributed by atoms with van der Waals surface area (Å²) in [5.41, 5.74) is 2.63. The minimum absolute atomic E-state index is 0.0555. The lowest BCUT2D eigenvalue weighted by molar-refractivity contribution is 0.0829. The number of anilines is 4. The Bertz CT molecular complexity index is 1400. The lowest BCUT2D eigenvalue weighted by Crippen LogP contribution is -2.23. The molecular weight excluding hydrogens is 445 g/mol. The van der Waals surface area contributed by atoms with Crippen molar-refractivity contribution in [1.29, 1.82) is 5.26 Å². The number of nitriles is 1. The van der Waals surface area contributed by atoms with Crippen LogP contribution in [-0.2, 0) is 0 Å². The van der Waals surface area contributed by atoms with Crippen LogP contribution in [0.1, 0.15) is 15.9 Å². The minimum Gasteiger partial charge on any atom is -0.354 e. The lowest BCUT2D eigenvalue weighted by Gasteiger charge is -2.21. The molecule has 1 amide bonds. The summed E-state index contributed by atoms with van der Waals surface area (Å²) in [6.07, 6.45) is 3.03. The zero-order valence-corrected chi connectivity index (χ0v) is 18.8. The van der Waals surface area contributed by atoms with Crippen LogP contribution in [-0.4, -0.2) is 47.1 Å². The first-order valence-electron chi connectivity index (χ1n) is 9.84. The van der Waals surface area contributed by atoms with Gasteiger partial charge in [-0.15, -0.1) is 0 Å². The van der Waals surface area contributed by atoms with E-state index in [0.29, 0.717) is 39.3 Å². The average molecular weight is 464 g/mol. The van der Waals surface area contributed by atoms with Crippen molar-refractivity contribution in [1.82, 2.24) is 20.1 Å². The summed E-state index contributed by atoms with van der Waals surface area (Å²) in [6, 6.07) is 11.7. The van der Waals surface area contributed by atoms with E-state index in [-0.39, 0.29) is 16.5 Å². The number of H-pyrrole nitrogens is 1. The molecule has 0 unspecified atom stereocenters. The topological polar surface area (TPSA) is 101 Å². The SMILES string of the molecule is CN(C)C(=O)c1cc(N(C)c2ccn[nH]2)cc2c(Nc3ccc(F)c(Cl)c3)c(C#N)cnc12. The van der Waals surface area contributed by atoms with Gasteiger partial charge in [0.25, 0.3) is 5.91 Å². The molecule has 0 fully saturated rings. The summed E-state index contributed by atoms with van der Waals surface area (Å²) in [7, 11) is 5.14. The van der Waals surface area contributed by atoms with Gasteiger partial charge in [0.15, 0.2) is 0 Å². The van der Waals surface area contributed by atoms with Gasteiger partial charge >= 0.3 is 0 Å². The van der Waals surface area contributed by atoms with Crippen LogP contribution in [0.25, 0.3) is 10.9 Å². The Morgan fingerprint density at radius 2 is 2.00 bits per heavy atom. The summed E-state index contributed by atoms with van der Waals surface area (Å²) in [5.74, 6) is -0.0840. The molecule has 0 spiro atoms. The van der Waals surface area contributed by atoms with E-state index in [1.165, 1.54) is 29.3 Å². The monoisotopic (exact) mass is 463 g/mol. The first-order chi connectivity index (χ1) is 15.8. The van der Waals surface area contributed by atoms with Gasteiger partial charge in [-0.25, -0.2) is 4.39 Å². The zero-order valence-electron chi connectivity index (χ0n) is 18.0. The van der Waals surface area contributed by atoms with Gasteiger partial charge in [-0.2, -0.15) is 10.4 Å². The molecule has 0 aliphatic heterocycles. The number of hydrogen-bond donors (Lipinski definition) is 2. The second-order valence-electron chi connectivity index (χ2n) is 7.50. The largest absolute Gasteiger partial charge is 0.354 e. The Balaban J connectivity index is 1.98. The van der Waals surface area contributed by atoms with E-state index in [2.05, 4.69) is 26.6 Å². The Morgan fingerprint density at radius 1 is 1.21 bits per heavy atom. The van der Waals surface area contributed by atoms with Crippen LogP contribution < -0.4 is 10.2 Å². The second-order valence-corrected chi connectivity index (χ2v) is 7.91. The molecule has 4 aromatic rings. The highest BCUT2D eigenvalue weighted by Gasteiger charge is 2.21. The van der Waals surface area contributed by atoms with Crippen molar-refractivity contribution in [3.8, 4) is 6.07 Å². The number of nitrogens with one attached hydrogen (secondary N) is 2. The van der Waals surface area contributed by atoms with E-state index in [1.807, 2.05) is 18.0 Å². The number of hydrogen-bond acceptors (Lipinski definition) is 6. The van der Waals surface area contributed by atoms with Crippen LogP contribution in [0.5, 0.6) is 0 Å². The van der Waals surface area contributed by atoms with Crippen LogP contribution in [0.2, 0.25) is 5.02 Å². The number of rotatable bonds is 5. The smallest absolute Gasteiger partial charge is 0.255 e. The summed E-state index contributed by atoms with van der Waals surface area (Å²) in [5, 5.41) is 20.2. The number of nitrogens with zero attached hydrogens (tertiary/aromatic N) is 5. The van der Waals surface area contributed by atoms with Crippen molar-refractivity contribution in [3.05, 3.63) is 70.8 Å². The summed E-state index contributed by atoms with van der Waals surface area (Å²) in [4.78, 5) is 20.7. The van der Waals surface area contributed by atoms with Crippen LogP contribution >= 0.6 is 11.6 Å². The fourth-order valence-corrected chi connectivity index (χ4v) is 3.58. The predicted octanol–water partition coefficient (Wildman–Crippen LogP) is 4.84. The van der Waals surface area contributed by atoms with E-state index in [0.717, 1.165) is 0 Å². The maximum Gasteiger partial charge on any atom is 0.255 e. The first kappa shape index (κ1) is 22.0. The molecule has 0 aliphatic carbocycles.